The second-order valence-corrected chi connectivity index (χ2v) is 7.81. The summed E-state index contributed by atoms with van der Waals surface area (Å²) in [4.78, 5) is 4.96. The Morgan fingerprint density at radius 3 is 2.54 bits per heavy atom. The van der Waals surface area contributed by atoms with Crippen LogP contribution in [0.25, 0.3) is 0 Å². The molecule has 3 heterocycles. The number of hydrogen-bond acceptors (Lipinski definition) is 6. The number of hydrogen-bond donors (Lipinski definition) is 1. The van der Waals surface area contributed by atoms with Crippen molar-refractivity contribution in [1.82, 2.24) is 9.80 Å². The number of nitrogens with zero attached hydrogens (tertiary/aromatic N) is 4. The van der Waals surface area contributed by atoms with Crippen molar-refractivity contribution >= 4 is 23.3 Å². The molecule has 1 aromatic rings. The first-order valence-electron chi connectivity index (χ1n) is 9.31. The van der Waals surface area contributed by atoms with Gasteiger partial charge in [0, 0.05) is 43.9 Å². The zero-order valence-corrected chi connectivity index (χ0v) is 15.9. The molecular formula is C19H26ClN5O. The number of likely N-dealkylation sites (tertiary alicyclic amines) is 2. The van der Waals surface area contributed by atoms with Gasteiger partial charge >= 0.3 is 0 Å². The van der Waals surface area contributed by atoms with Gasteiger partial charge in [-0.3, -0.25) is 4.90 Å². The molecule has 0 saturated carbocycles. The van der Waals surface area contributed by atoms with Crippen molar-refractivity contribution in [2.75, 3.05) is 26.7 Å². The quantitative estimate of drug-likeness (QED) is 0.875. The fourth-order valence-corrected chi connectivity index (χ4v) is 4.41. The minimum absolute atomic E-state index is 0.316. The summed E-state index contributed by atoms with van der Waals surface area (Å²) in [5.74, 6) is 1.65. The lowest BCUT2D eigenvalue weighted by molar-refractivity contribution is -0.111. The number of ether oxygens (including phenoxy) is 1. The van der Waals surface area contributed by atoms with Crippen LogP contribution in [-0.2, 0) is 11.2 Å². The van der Waals surface area contributed by atoms with Gasteiger partial charge in [0.2, 0.25) is 0 Å². The number of amidine groups is 2. The van der Waals surface area contributed by atoms with Crippen LogP contribution < -0.4 is 5.73 Å². The van der Waals surface area contributed by atoms with Gasteiger partial charge in [0.25, 0.3) is 0 Å². The molecule has 6 nitrogen and oxygen atoms in total. The molecule has 3 aliphatic heterocycles. The molecule has 0 radical (unpaired) electrons. The second kappa shape index (κ2) is 7.55. The van der Waals surface area contributed by atoms with Crippen molar-refractivity contribution in [1.29, 1.82) is 0 Å². The zero-order valence-electron chi connectivity index (χ0n) is 15.1. The summed E-state index contributed by atoms with van der Waals surface area (Å²) in [6.45, 7) is 3.07. The van der Waals surface area contributed by atoms with Gasteiger partial charge in [-0.05, 0) is 37.0 Å². The highest BCUT2D eigenvalue weighted by Gasteiger charge is 2.43. The topological polar surface area (TPSA) is 66.5 Å². The van der Waals surface area contributed by atoms with Crippen LogP contribution in [0.4, 0.5) is 0 Å². The van der Waals surface area contributed by atoms with Crippen LogP contribution in [0, 0.1) is 0 Å². The van der Waals surface area contributed by atoms with Crippen LogP contribution in [0.3, 0.4) is 0 Å². The third-order valence-corrected chi connectivity index (χ3v) is 6.09. The maximum atomic E-state index is 6.01. The fourth-order valence-electron chi connectivity index (χ4n) is 4.29. The van der Waals surface area contributed by atoms with E-state index in [-0.39, 0.29) is 0 Å². The Kier molecular flexibility index (Phi) is 5.16. The maximum absolute atomic E-state index is 6.01. The van der Waals surface area contributed by atoms with Gasteiger partial charge in [-0.1, -0.05) is 23.7 Å². The lowest BCUT2D eigenvalue weighted by atomic mass is 9.87. The molecule has 0 amide bonds. The monoisotopic (exact) mass is 375 g/mol. The summed E-state index contributed by atoms with van der Waals surface area (Å²) in [7, 11) is 1.82. The van der Waals surface area contributed by atoms with E-state index in [4.69, 9.17) is 22.1 Å². The van der Waals surface area contributed by atoms with Gasteiger partial charge in [0.1, 0.15) is 11.7 Å². The Balaban J connectivity index is 1.34. The number of benzene rings is 1. The maximum Gasteiger partial charge on any atom is 0.135 e. The van der Waals surface area contributed by atoms with Crippen molar-refractivity contribution < 1.29 is 4.74 Å². The predicted octanol–water partition coefficient (Wildman–Crippen LogP) is 2.12. The molecule has 7 heteroatoms. The molecular weight excluding hydrogens is 350 g/mol. The molecule has 3 aliphatic rings. The van der Waals surface area contributed by atoms with E-state index in [1.54, 1.807) is 0 Å². The van der Waals surface area contributed by atoms with E-state index in [0.717, 1.165) is 49.8 Å². The van der Waals surface area contributed by atoms with Gasteiger partial charge < -0.3 is 15.4 Å². The normalized spacial score (nSPS) is 27.2. The standard InChI is InChI=1S/C19H26ClN5O/c1-26-17-12-25(16(17)10-13-2-4-14(20)5-3-13)15-6-8-24(9-7-15)19-11-18(21)22-23-19/h2-5,15-17H,6-12H2,1H3,(H2,21,22)/t16?,17-/m0/s1. The molecule has 2 atom stereocenters. The predicted molar refractivity (Wildman–Crippen MR) is 105 cm³/mol. The molecule has 1 unspecified atom stereocenters. The van der Waals surface area contributed by atoms with Crippen LogP contribution >= 0.6 is 11.6 Å². The highest BCUT2D eigenvalue weighted by Crippen LogP contribution is 2.31. The summed E-state index contributed by atoms with van der Waals surface area (Å²) < 4.78 is 5.70. The molecule has 0 bridgehead atoms. The third-order valence-electron chi connectivity index (χ3n) is 5.84. The van der Waals surface area contributed by atoms with Gasteiger partial charge in [-0.25, -0.2) is 0 Å². The second-order valence-electron chi connectivity index (χ2n) is 7.37. The van der Waals surface area contributed by atoms with E-state index >= 15 is 0 Å². The largest absolute Gasteiger partial charge is 0.385 e. The summed E-state index contributed by atoms with van der Waals surface area (Å²) >= 11 is 6.01. The number of nitrogens with two attached hydrogens (primary N) is 1. The average Bonchev–Trinajstić information content (AvgIpc) is 3.08. The SMILES string of the molecule is CO[C@H]1CN(C2CCN(C3=NN=C(N)C3)CC2)C1Cc1ccc(Cl)cc1. The molecule has 140 valence electrons. The van der Waals surface area contributed by atoms with Gasteiger partial charge in [-0.15, -0.1) is 10.2 Å². The smallest absolute Gasteiger partial charge is 0.135 e. The molecule has 2 fully saturated rings. The van der Waals surface area contributed by atoms with E-state index in [1.807, 2.05) is 19.2 Å². The van der Waals surface area contributed by atoms with Crippen LogP contribution in [0.2, 0.25) is 5.02 Å². The highest BCUT2D eigenvalue weighted by atomic mass is 35.5. The Morgan fingerprint density at radius 1 is 1.19 bits per heavy atom. The first-order valence-corrected chi connectivity index (χ1v) is 9.68. The third kappa shape index (κ3) is 3.59. The number of rotatable bonds is 4. The van der Waals surface area contributed by atoms with Crippen molar-refractivity contribution in [3.63, 3.8) is 0 Å². The summed E-state index contributed by atoms with van der Waals surface area (Å²) in [5.41, 5.74) is 7.06. The molecule has 1 aromatic carbocycles. The molecule has 26 heavy (non-hydrogen) atoms. The summed E-state index contributed by atoms with van der Waals surface area (Å²) in [6, 6.07) is 9.23. The summed E-state index contributed by atoms with van der Waals surface area (Å²) in [6.07, 6.45) is 4.31. The minimum Gasteiger partial charge on any atom is -0.385 e. The van der Waals surface area contributed by atoms with Crippen LogP contribution in [0.15, 0.2) is 34.5 Å². The lowest BCUT2D eigenvalue weighted by Crippen LogP contribution is -2.66. The first kappa shape index (κ1) is 17.8. The van der Waals surface area contributed by atoms with E-state index in [0.29, 0.717) is 30.4 Å². The highest BCUT2D eigenvalue weighted by molar-refractivity contribution is 6.30. The zero-order chi connectivity index (χ0) is 18.1. The van der Waals surface area contributed by atoms with Crippen molar-refractivity contribution in [3.05, 3.63) is 34.9 Å². The fraction of sp³-hybridized carbons (Fsp3) is 0.579. The Labute approximate surface area is 159 Å². The Morgan fingerprint density at radius 2 is 1.92 bits per heavy atom. The van der Waals surface area contributed by atoms with Crippen LogP contribution in [0.1, 0.15) is 24.8 Å². The van der Waals surface area contributed by atoms with Gasteiger partial charge in [0.15, 0.2) is 0 Å². The van der Waals surface area contributed by atoms with Crippen LogP contribution in [-0.4, -0.2) is 66.4 Å². The lowest BCUT2D eigenvalue weighted by Gasteiger charge is -2.53. The Hall–Kier alpha value is -1.63. The molecule has 2 N–H and O–H groups in total. The van der Waals surface area contributed by atoms with Gasteiger partial charge in [-0.2, -0.15) is 0 Å². The number of halogens is 1. The molecule has 0 spiro atoms. The van der Waals surface area contributed by atoms with E-state index in [9.17, 15) is 0 Å². The Bertz CT molecular complexity index is 696. The summed E-state index contributed by atoms with van der Waals surface area (Å²) in [5, 5.41) is 8.96. The van der Waals surface area contributed by atoms with Crippen molar-refractivity contribution in [3.8, 4) is 0 Å². The number of piperidine rings is 1. The molecule has 2 saturated heterocycles. The minimum atomic E-state index is 0.316. The number of methoxy groups -OCH3 is 1. The van der Waals surface area contributed by atoms with Crippen LogP contribution in [0.5, 0.6) is 0 Å². The van der Waals surface area contributed by atoms with E-state index in [2.05, 4.69) is 32.1 Å². The van der Waals surface area contributed by atoms with Crippen molar-refractivity contribution in [2.24, 2.45) is 15.9 Å². The molecule has 0 aromatic heterocycles. The average molecular weight is 376 g/mol. The van der Waals surface area contributed by atoms with E-state index in [1.165, 1.54) is 5.56 Å². The first-order chi connectivity index (χ1) is 12.6. The van der Waals surface area contributed by atoms with Crippen molar-refractivity contribution in [2.45, 2.75) is 43.9 Å². The molecule has 0 aliphatic carbocycles. The molecule has 4 rings (SSSR count). The van der Waals surface area contributed by atoms with E-state index < -0.39 is 0 Å². The van der Waals surface area contributed by atoms with Gasteiger partial charge in [0.05, 0.1) is 12.5 Å².